The number of nitrogens with one attached hydrogen (secondary N) is 1. The summed E-state index contributed by atoms with van der Waals surface area (Å²) in [4.78, 5) is 27.6. The summed E-state index contributed by atoms with van der Waals surface area (Å²) in [6.45, 7) is 9.64. The van der Waals surface area contributed by atoms with Crippen molar-refractivity contribution in [2.24, 2.45) is 0 Å². The molecular formula is C32H39NO6. The van der Waals surface area contributed by atoms with Crippen LogP contribution >= 0.6 is 0 Å². The zero-order valence-electron chi connectivity index (χ0n) is 23.9. The Balaban J connectivity index is 1.81. The van der Waals surface area contributed by atoms with Crippen molar-refractivity contribution in [3.8, 4) is 17.2 Å². The van der Waals surface area contributed by atoms with E-state index in [9.17, 15) is 9.59 Å². The number of allylic oxidation sites excluding steroid dienone is 3. The quantitative estimate of drug-likeness (QED) is 0.385. The Bertz CT molecular complexity index is 1310. The molecule has 39 heavy (non-hydrogen) atoms. The van der Waals surface area contributed by atoms with Crippen molar-refractivity contribution in [1.82, 2.24) is 5.32 Å². The molecule has 0 unspecified atom stereocenters. The predicted molar refractivity (Wildman–Crippen MR) is 150 cm³/mol. The topological polar surface area (TPSA) is 83.1 Å². The normalized spacial score (nSPS) is 19.8. The van der Waals surface area contributed by atoms with Gasteiger partial charge in [0.25, 0.3) is 0 Å². The number of methoxy groups -OCH3 is 2. The van der Waals surface area contributed by atoms with E-state index >= 15 is 0 Å². The molecule has 1 aliphatic heterocycles. The van der Waals surface area contributed by atoms with Crippen molar-refractivity contribution in [3.05, 3.63) is 76.1 Å². The molecular weight excluding hydrogens is 494 g/mol. The molecule has 1 heterocycles. The number of carbonyl (C=O) groups excluding carboxylic acids is 2. The summed E-state index contributed by atoms with van der Waals surface area (Å²) in [6, 6.07) is 13.4. The highest BCUT2D eigenvalue weighted by molar-refractivity contribution is 6.04. The maximum atomic E-state index is 14.0. The van der Waals surface area contributed by atoms with Gasteiger partial charge in [0.1, 0.15) is 5.75 Å². The van der Waals surface area contributed by atoms with Crippen molar-refractivity contribution >= 4 is 11.8 Å². The molecule has 2 aromatic carbocycles. The summed E-state index contributed by atoms with van der Waals surface area (Å²) in [5.74, 6) is 0.864. The zero-order valence-corrected chi connectivity index (χ0v) is 23.9. The van der Waals surface area contributed by atoms with Gasteiger partial charge in [-0.25, -0.2) is 4.79 Å². The fourth-order valence-corrected chi connectivity index (χ4v) is 5.37. The number of rotatable bonds is 9. The molecule has 1 aliphatic carbocycles. The van der Waals surface area contributed by atoms with Gasteiger partial charge in [-0.05, 0) is 70.2 Å². The van der Waals surface area contributed by atoms with Gasteiger partial charge < -0.3 is 24.3 Å². The van der Waals surface area contributed by atoms with Crippen molar-refractivity contribution in [2.75, 3.05) is 14.2 Å². The van der Waals surface area contributed by atoms with Crippen LogP contribution in [-0.4, -0.2) is 38.2 Å². The number of ketones is 1. The monoisotopic (exact) mass is 533 g/mol. The Morgan fingerprint density at radius 3 is 2.38 bits per heavy atom. The molecule has 2 aliphatic rings. The van der Waals surface area contributed by atoms with E-state index in [-0.39, 0.29) is 23.9 Å². The van der Waals surface area contributed by atoms with Crippen molar-refractivity contribution in [2.45, 2.75) is 77.9 Å². The Labute approximate surface area is 231 Å². The molecule has 0 saturated heterocycles. The Hall–Kier alpha value is -3.74. The maximum Gasteiger partial charge on any atom is 0.337 e. The number of ether oxygens (including phenoxy) is 4. The number of hydrogen-bond donors (Lipinski definition) is 1. The van der Waals surface area contributed by atoms with Crippen molar-refractivity contribution in [1.29, 1.82) is 0 Å². The summed E-state index contributed by atoms with van der Waals surface area (Å²) >= 11 is 0. The third-order valence-corrected chi connectivity index (χ3v) is 7.40. The minimum absolute atomic E-state index is 0.00535. The average Bonchev–Trinajstić information content (AvgIpc) is 2.91. The minimum Gasteiger partial charge on any atom is -0.493 e. The van der Waals surface area contributed by atoms with Crippen LogP contribution in [0.1, 0.15) is 76.8 Å². The highest BCUT2D eigenvalue weighted by Crippen LogP contribution is 2.48. The molecule has 208 valence electrons. The number of para-hydroxylation sites is 1. The second-order valence-electron chi connectivity index (χ2n) is 10.5. The highest BCUT2D eigenvalue weighted by Gasteiger charge is 2.42. The summed E-state index contributed by atoms with van der Waals surface area (Å²) in [5.41, 5.74) is 4.35. The Kier molecular flexibility index (Phi) is 8.68. The molecule has 0 bridgehead atoms. The van der Waals surface area contributed by atoms with Crippen LogP contribution in [0.2, 0.25) is 0 Å². The number of Topliss-reactive ketones (excluding diaryl/α,β-unsaturated/α-hetero) is 1. The van der Waals surface area contributed by atoms with Gasteiger partial charge >= 0.3 is 5.97 Å². The van der Waals surface area contributed by atoms with Gasteiger partial charge in [0, 0.05) is 29.0 Å². The van der Waals surface area contributed by atoms with Gasteiger partial charge in [0.2, 0.25) is 0 Å². The van der Waals surface area contributed by atoms with Crippen LogP contribution in [0.25, 0.3) is 0 Å². The van der Waals surface area contributed by atoms with Gasteiger partial charge in [0.05, 0.1) is 37.9 Å². The molecule has 0 radical (unpaired) electrons. The molecule has 0 spiro atoms. The predicted octanol–water partition coefficient (Wildman–Crippen LogP) is 6.19. The molecule has 7 heteroatoms. The summed E-state index contributed by atoms with van der Waals surface area (Å²) in [7, 11) is 3.21. The average molecular weight is 534 g/mol. The molecule has 2 aromatic rings. The Morgan fingerprint density at radius 1 is 1.00 bits per heavy atom. The summed E-state index contributed by atoms with van der Waals surface area (Å²) < 4.78 is 22.9. The number of benzene rings is 2. The zero-order chi connectivity index (χ0) is 28.3. The van der Waals surface area contributed by atoms with Crippen molar-refractivity contribution in [3.63, 3.8) is 0 Å². The lowest BCUT2D eigenvalue weighted by Crippen LogP contribution is -2.36. The second-order valence-corrected chi connectivity index (χ2v) is 10.5. The molecule has 1 N–H and O–H groups in total. The summed E-state index contributed by atoms with van der Waals surface area (Å²) in [6.07, 6.45) is 1.31. The smallest absolute Gasteiger partial charge is 0.337 e. The first-order valence-electron chi connectivity index (χ1n) is 13.6. The maximum absolute atomic E-state index is 14.0. The lowest BCUT2D eigenvalue weighted by atomic mass is 9.71. The summed E-state index contributed by atoms with van der Waals surface area (Å²) in [5, 5.41) is 3.42. The lowest BCUT2D eigenvalue weighted by molar-refractivity contribution is -0.144. The standard InChI is InChI=1S/C32H39NO6/c1-8-19(4)39-32(35)29-20(5)33-24-15-22(21-13-14-27(36-6)28(17-21)37-7)16-25(34)31(24)30(29)23-11-9-10-12-26(23)38-18(2)3/h9-14,17-19,22,30,33H,8,15-16H2,1-7H3/t19-,22-,30-/m0/s1. The first kappa shape index (κ1) is 28.3. The molecule has 0 fully saturated rings. The van der Waals surface area contributed by atoms with Crippen molar-refractivity contribution < 1.29 is 28.5 Å². The van der Waals surface area contributed by atoms with Gasteiger partial charge in [-0.3, -0.25) is 4.79 Å². The highest BCUT2D eigenvalue weighted by atomic mass is 16.5. The number of hydrogen-bond acceptors (Lipinski definition) is 7. The Morgan fingerprint density at radius 2 is 1.72 bits per heavy atom. The molecule has 0 aromatic heterocycles. The van der Waals surface area contributed by atoms with Gasteiger partial charge in [0.15, 0.2) is 17.3 Å². The molecule has 4 rings (SSSR count). The van der Waals surface area contributed by atoms with E-state index in [2.05, 4.69) is 5.32 Å². The lowest BCUT2D eigenvalue weighted by Gasteiger charge is -2.37. The molecule has 0 saturated carbocycles. The molecule has 3 atom stereocenters. The van der Waals surface area contributed by atoms with E-state index in [4.69, 9.17) is 18.9 Å². The SMILES string of the molecule is CC[C@H](C)OC(=O)C1=C(C)NC2=C(C(=O)C[C@@H](c3ccc(OC)c(OC)c3)C2)[C@H]1c1ccccc1OC(C)C. The fourth-order valence-electron chi connectivity index (χ4n) is 5.37. The first-order chi connectivity index (χ1) is 18.7. The van der Waals surface area contributed by atoms with Crippen LogP contribution < -0.4 is 19.5 Å². The van der Waals surface area contributed by atoms with Crippen LogP contribution in [0.3, 0.4) is 0 Å². The third-order valence-electron chi connectivity index (χ3n) is 7.40. The fraction of sp³-hybridized carbons (Fsp3) is 0.438. The second kappa shape index (κ2) is 12.0. The van der Waals surface area contributed by atoms with Gasteiger partial charge in [-0.2, -0.15) is 0 Å². The van der Waals surface area contributed by atoms with E-state index in [1.54, 1.807) is 14.2 Å². The number of esters is 1. The van der Waals surface area contributed by atoms with Crippen LogP contribution in [0, 0.1) is 0 Å². The van der Waals surface area contributed by atoms with E-state index in [0.717, 1.165) is 16.8 Å². The van der Waals surface area contributed by atoms with Crippen LogP contribution in [0.15, 0.2) is 65.0 Å². The number of dihydropyridines is 1. The minimum atomic E-state index is -0.591. The van der Waals surface area contributed by atoms with E-state index < -0.39 is 11.9 Å². The third kappa shape index (κ3) is 5.82. The van der Waals surface area contributed by atoms with Crippen LogP contribution in [0.5, 0.6) is 17.2 Å². The molecule has 7 nitrogen and oxygen atoms in total. The van der Waals surface area contributed by atoms with Crippen LogP contribution in [-0.2, 0) is 14.3 Å². The van der Waals surface area contributed by atoms with E-state index in [1.165, 1.54) is 0 Å². The van der Waals surface area contributed by atoms with E-state index in [1.807, 2.05) is 77.1 Å². The van der Waals surface area contributed by atoms with Gasteiger partial charge in [-0.1, -0.05) is 31.2 Å². The van der Waals surface area contributed by atoms with Crippen LogP contribution in [0.4, 0.5) is 0 Å². The van der Waals surface area contributed by atoms with Gasteiger partial charge in [-0.15, -0.1) is 0 Å². The molecule has 0 amide bonds. The van der Waals surface area contributed by atoms with E-state index in [0.29, 0.717) is 53.4 Å². The first-order valence-corrected chi connectivity index (χ1v) is 13.6. The largest absolute Gasteiger partial charge is 0.493 e. The number of carbonyl (C=O) groups is 2.